The van der Waals surface area contributed by atoms with Crippen LogP contribution in [0.25, 0.3) is 10.9 Å². The molecule has 6 heteroatoms. The zero-order valence-electron chi connectivity index (χ0n) is 13.9. The van der Waals surface area contributed by atoms with Crippen molar-refractivity contribution in [1.82, 2.24) is 24.6 Å². The number of nitrogens with one attached hydrogen (secondary N) is 1. The number of hydrogen-bond donors (Lipinski definition) is 1. The van der Waals surface area contributed by atoms with Crippen LogP contribution >= 0.6 is 0 Å². The van der Waals surface area contributed by atoms with Crippen molar-refractivity contribution in [2.24, 2.45) is 0 Å². The molecule has 0 bridgehead atoms. The monoisotopic (exact) mass is 323 g/mol. The molecule has 2 aromatic heterocycles. The van der Waals surface area contributed by atoms with Crippen molar-refractivity contribution in [1.29, 1.82) is 0 Å². The Labute approximate surface area is 140 Å². The van der Waals surface area contributed by atoms with Crippen molar-refractivity contribution in [3.63, 3.8) is 0 Å². The number of hydrogen-bond acceptors (Lipinski definition) is 3. The average Bonchev–Trinajstić information content (AvgIpc) is 3.30. The predicted octanol–water partition coefficient (Wildman–Crippen LogP) is 2.97. The van der Waals surface area contributed by atoms with E-state index >= 15 is 0 Å². The normalized spacial score (nSPS) is 18.0. The first kappa shape index (κ1) is 14.9. The highest BCUT2D eigenvalue weighted by atomic mass is 16.2. The summed E-state index contributed by atoms with van der Waals surface area (Å²) < 4.78 is 2.13. The second-order valence-electron chi connectivity index (χ2n) is 6.72. The molecule has 1 saturated heterocycles. The second kappa shape index (κ2) is 5.78. The van der Waals surface area contributed by atoms with E-state index in [1.807, 2.05) is 35.4 Å². The fourth-order valence-corrected chi connectivity index (χ4v) is 3.46. The van der Waals surface area contributed by atoms with Gasteiger partial charge in [0.25, 0.3) is 5.91 Å². The lowest BCUT2D eigenvalue weighted by atomic mass is 10.1. The van der Waals surface area contributed by atoms with Gasteiger partial charge >= 0.3 is 0 Å². The molecule has 1 aliphatic heterocycles. The molecule has 0 saturated carbocycles. The highest BCUT2D eigenvalue weighted by Gasteiger charge is 2.29. The van der Waals surface area contributed by atoms with Crippen LogP contribution in [-0.2, 0) is 0 Å². The maximum absolute atomic E-state index is 12.8. The van der Waals surface area contributed by atoms with Gasteiger partial charge in [-0.25, -0.2) is 0 Å². The summed E-state index contributed by atoms with van der Waals surface area (Å²) in [6.45, 7) is 5.70. The first-order valence-electron chi connectivity index (χ1n) is 8.39. The minimum absolute atomic E-state index is 0.0909. The fraction of sp³-hybridized carbons (Fsp3) is 0.389. The Bertz CT molecular complexity index is 878. The van der Waals surface area contributed by atoms with Gasteiger partial charge in [-0.1, -0.05) is 19.9 Å². The van der Waals surface area contributed by atoms with Crippen LogP contribution in [0, 0.1) is 0 Å². The largest absolute Gasteiger partial charge is 0.361 e. The molecule has 1 unspecified atom stereocenters. The molecule has 0 spiro atoms. The summed E-state index contributed by atoms with van der Waals surface area (Å²) in [5.74, 6) is 1.41. The number of rotatable bonds is 3. The molecular weight excluding hydrogens is 302 g/mol. The van der Waals surface area contributed by atoms with Crippen molar-refractivity contribution in [2.75, 3.05) is 13.1 Å². The topological polar surface area (TPSA) is 66.8 Å². The number of aromatic amines is 1. The molecule has 0 aliphatic carbocycles. The molecule has 0 radical (unpaired) electrons. The molecular formula is C18H21N5O. The smallest absolute Gasteiger partial charge is 0.254 e. The molecule has 124 valence electrons. The van der Waals surface area contributed by atoms with Crippen molar-refractivity contribution in [3.8, 4) is 0 Å². The molecule has 1 aliphatic rings. The van der Waals surface area contributed by atoms with Gasteiger partial charge in [-0.05, 0) is 30.0 Å². The molecule has 1 aromatic carbocycles. The van der Waals surface area contributed by atoms with Gasteiger partial charge in [0.2, 0.25) is 0 Å². The summed E-state index contributed by atoms with van der Waals surface area (Å²) in [7, 11) is 0. The van der Waals surface area contributed by atoms with E-state index in [2.05, 4.69) is 33.6 Å². The van der Waals surface area contributed by atoms with Crippen LogP contribution in [0.15, 0.2) is 36.8 Å². The molecule has 4 rings (SSSR count). The minimum Gasteiger partial charge on any atom is -0.361 e. The van der Waals surface area contributed by atoms with Crippen LogP contribution < -0.4 is 0 Å². The molecule has 1 amide bonds. The number of amides is 1. The van der Waals surface area contributed by atoms with Gasteiger partial charge in [-0.15, -0.1) is 10.2 Å². The summed E-state index contributed by atoms with van der Waals surface area (Å²) in [6.07, 6.45) is 4.62. The summed E-state index contributed by atoms with van der Waals surface area (Å²) in [4.78, 5) is 17.9. The average molecular weight is 323 g/mol. The van der Waals surface area contributed by atoms with Crippen LogP contribution in [0.1, 0.15) is 48.4 Å². The number of carbonyl (C=O) groups is 1. The number of fused-ring (bicyclic) bond motifs is 1. The maximum atomic E-state index is 12.8. The van der Waals surface area contributed by atoms with E-state index < -0.39 is 0 Å². The summed E-state index contributed by atoms with van der Waals surface area (Å²) in [5, 5.41) is 9.39. The minimum atomic E-state index is 0.0909. The van der Waals surface area contributed by atoms with Crippen LogP contribution in [0.3, 0.4) is 0 Å². The lowest BCUT2D eigenvalue weighted by Crippen LogP contribution is -2.29. The third-order valence-electron chi connectivity index (χ3n) is 4.76. The van der Waals surface area contributed by atoms with Crippen molar-refractivity contribution in [3.05, 3.63) is 48.2 Å². The highest BCUT2D eigenvalue weighted by molar-refractivity contribution is 5.98. The predicted molar refractivity (Wildman–Crippen MR) is 92.0 cm³/mol. The Kier molecular flexibility index (Phi) is 3.59. The first-order chi connectivity index (χ1) is 11.6. The van der Waals surface area contributed by atoms with E-state index in [1.54, 1.807) is 6.33 Å². The van der Waals surface area contributed by atoms with Gasteiger partial charge in [0.1, 0.15) is 12.2 Å². The molecule has 3 heterocycles. The van der Waals surface area contributed by atoms with Crippen molar-refractivity contribution < 1.29 is 4.79 Å². The van der Waals surface area contributed by atoms with E-state index in [1.165, 1.54) is 0 Å². The van der Waals surface area contributed by atoms with Crippen LogP contribution in [0.4, 0.5) is 0 Å². The van der Waals surface area contributed by atoms with Gasteiger partial charge in [0, 0.05) is 36.3 Å². The molecule has 24 heavy (non-hydrogen) atoms. The van der Waals surface area contributed by atoms with Crippen molar-refractivity contribution in [2.45, 2.75) is 32.2 Å². The third kappa shape index (κ3) is 2.48. The van der Waals surface area contributed by atoms with Crippen LogP contribution in [0.5, 0.6) is 0 Å². The Balaban J connectivity index is 1.53. The molecule has 6 nitrogen and oxygen atoms in total. The Morgan fingerprint density at radius 3 is 3.04 bits per heavy atom. The van der Waals surface area contributed by atoms with E-state index in [0.717, 1.165) is 35.3 Å². The first-order valence-corrected chi connectivity index (χ1v) is 8.39. The zero-order chi connectivity index (χ0) is 16.7. The molecule has 3 aromatic rings. The van der Waals surface area contributed by atoms with E-state index in [9.17, 15) is 4.79 Å². The Morgan fingerprint density at radius 2 is 2.21 bits per heavy atom. The van der Waals surface area contributed by atoms with E-state index in [0.29, 0.717) is 12.5 Å². The number of aromatic nitrogens is 4. The summed E-state index contributed by atoms with van der Waals surface area (Å²) in [6, 6.07) is 8.10. The van der Waals surface area contributed by atoms with Gasteiger partial charge in [0.05, 0.1) is 6.04 Å². The van der Waals surface area contributed by atoms with Gasteiger partial charge in [0.15, 0.2) is 0 Å². The van der Waals surface area contributed by atoms with Crippen LogP contribution in [0.2, 0.25) is 0 Å². The van der Waals surface area contributed by atoms with Gasteiger partial charge in [-0.2, -0.15) is 0 Å². The lowest BCUT2D eigenvalue weighted by molar-refractivity contribution is 0.0787. The number of benzene rings is 1. The zero-order valence-corrected chi connectivity index (χ0v) is 13.9. The maximum Gasteiger partial charge on any atom is 0.254 e. The quantitative estimate of drug-likeness (QED) is 0.806. The number of H-pyrrole nitrogens is 1. The summed E-state index contributed by atoms with van der Waals surface area (Å²) in [5.41, 5.74) is 1.73. The van der Waals surface area contributed by atoms with E-state index in [4.69, 9.17) is 0 Å². The van der Waals surface area contributed by atoms with Crippen molar-refractivity contribution >= 4 is 16.8 Å². The standard InChI is InChI=1S/C18H21N5O/c1-12(2)17-21-20-11-23(17)15-6-8-22(10-15)18(24)14-4-3-13-5-7-19-16(13)9-14/h3-5,7,9,11-12,15,19H,6,8,10H2,1-2H3. The molecule has 1 atom stereocenters. The number of nitrogens with zero attached hydrogens (tertiary/aromatic N) is 4. The Hall–Kier alpha value is -2.63. The van der Waals surface area contributed by atoms with E-state index in [-0.39, 0.29) is 11.9 Å². The highest BCUT2D eigenvalue weighted by Crippen LogP contribution is 2.26. The number of carbonyl (C=O) groups excluding carboxylic acids is 1. The third-order valence-corrected chi connectivity index (χ3v) is 4.76. The molecule has 1 fully saturated rings. The Morgan fingerprint density at radius 1 is 1.33 bits per heavy atom. The van der Waals surface area contributed by atoms with Gasteiger partial charge < -0.3 is 14.5 Å². The lowest BCUT2D eigenvalue weighted by Gasteiger charge is -2.18. The second-order valence-corrected chi connectivity index (χ2v) is 6.72. The molecule has 1 N–H and O–H groups in total. The summed E-state index contributed by atoms with van der Waals surface area (Å²) >= 11 is 0. The SMILES string of the molecule is CC(C)c1nncn1C1CCN(C(=O)c2ccc3cc[nH]c3c2)C1. The van der Waals surface area contributed by atoms with Gasteiger partial charge in [-0.3, -0.25) is 4.79 Å². The van der Waals surface area contributed by atoms with Crippen LogP contribution in [-0.4, -0.2) is 43.6 Å². The fourth-order valence-electron chi connectivity index (χ4n) is 3.46. The number of likely N-dealkylation sites (tertiary alicyclic amines) is 1.